The van der Waals surface area contributed by atoms with E-state index < -0.39 is 0 Å². The van der Waals surface area contributed by atoms with Crippen molar-refractivity contribution in [2.24, 2.45) is 5.92 Å². The molecule has 3 rings (SSSR count). The van der Waals surface area contributed by atoms with Crippen LogP contribution in [0.4, 0.5) is 5.69 Å². The summed E-state index contributed by atoms with van der Waals surface area (Å²) in [5.74, 6) is 0.747. The minimum Gasteiger partial charge on any atom is -0.312 e. The van der Waals surface area contributed by atoms with E-state index in [1.54, 1.807) is 0 Å². The Hall–Kier alpha value is -1.35. The molecule has 0 radical (unpaired) electrons. The van der Waals surface area contributed by atoms with Crippen LogP contribution in [0, 0.1) is 5.92 Å². The van der Waals surface area contributed by atoms with Gasteiger partial charge in [0.25, 0.3) is 0 Å². The molecular formula is C17H24N2O. The van der Waals surface area contributed by atoms with Gasteiger partial charge in [0, 0.05) is 25.2 Å². The number of anilines is 1. The van der Waals surface area contributed by atoms with Crippen molar-refractivity contribution in [1.29, 1.82) is 0 Å². The van der Waals surface area contributed by atoms with Crippen LogP contribution in [0.15, 0.2) is 24.3 Å². The molecule has 1 atom stereocenters. The molecule has 1 aromatic carbocycles. The summed E-state index contributed by atoms with van der Waals surface area (Å²) in [6, 6.07) is 8.57. The maximum atomic E-state index is 11.9. The molecule has 0 aliphatic carbocycles. The van der Waals surface area contributed by atoms with Crippen molar-refractivity contribution in [3.05, 3.63) is 29.8 Å². The molecule has 3 nitrogen and oxygen atoms in total. The quantitative estimate of drug-likeness (QED) is 0.844. The van der Waals surface area contributed by atoms with Gasteiger partial charge in [-0.05, 0) is 49.5 Å². The molecule has 20 heavy (non-hydrogen) atoms. The number of carbonyl (C=O) groups excluding carboxylic acids is 1. The number of piperidine rings is 1. The molecule has 3 heteroatoms. The highest BCUT2D eigenvalue weighted by Gasteiger charge is 2.27. The number of rotatable bonds is 3. The number of hydrogen-bond acceptors (Lipinski definition) is 2. The van der Waals surface area contributed by atoms with Crippen LogP contribution in [-0.4, -0.2) is 30.4 Å². The Bertz CT molecular complexity index is 462. The topological polar surface area (TPSA) is 23.6 Å². The van der Waals surface area contributed by atoms with E-state index in [0.717, 1.165) is 18.8 Å². The van der Waals surface area contributed by atoms with Crippen LogP contribution in [-0.2, 0) is 11.3 Å². The highest BCUT2D eigenvalue weighted by atomic mass is 16.2. The summed E-state index contributed by atoms with van der Waals surface area (Å²) in [5.41, 5.74) is 2.41. The van der Waals surface area contributed by atoms with Gasteiger partial charge in [0.05, 0.1) is 0 Å². The Balaban J connectivity index is 1.63. The van der Waals surface area contributed by atoms with Crippen molar-refractivity contribution >= 4 is 11.6 Å². The lowest BCUT2D eigenvalue weighted by atomic mass is 10.1. The van der Waals surface area contributed by atoms with Crippen LogP contribution in [0.5, 0.6) is 0 Å². The fourth-order valence-electron chi connectivity index (χ4n) is 3.29. The molecule has 0 bridgehead atoms. The molecule has 0 spiro atoms. The third kappa shape index (κ3) is 3.04. The molecule has 2 heterocycles. The molecule has 2 aliphatic heterocycles. The number of nitrogens with zero attached hydrogens (tertiary/aromatic N) is 2. The second kappa shape index (κ2) is 5.96. The van der Waals surface area contributed by atoms with Gasteiger partial charge in [0.15, 0.2) is 0 Å². The fourth-order valence-corrected chi connectivity index (χ4v) is 3.29. The minimum atomic E-state index is 0.265. The smallest absolute Gasteiger partial charge is 0.227 e. The summed E-state index contributed by atoms with van der Waals surface area (Å²) in [5, 5.41) is 0. The summed E-state index contributed by atoms with van der Waals surface area (Å²) in [6.07, 6.45) is 4.73. The van der Waals surface area contributed by atoms with Gasteiger partial charge in [0.2, 0.25) is 5.91 Å². The largest absolute Gasteiger partial charge is 0.312 e. The molecule has 0 saturated carbocycles. The molecule has 108 valence electrons. The average Bonchev–Trinajstić information content (AvgIpc) is 2.80. The second-order valence-corrected chi connectivity index (χ2v) is 6.32. The average molecular weight is 272 g/mol. The molecule has 1 aromatic rings. The SMILES string of the molecule is CC1CC(=O)N(c2ccc(CN3CCCCC3)cc2)C1. The van der Waals surface area contributed by atoms with E-state index in [4.69, 9.17) is 0 Å². The normalized spacial score (nSPS) is 24.4. The lowest BCUT2D eigenvalue weighted by Gasteiger charge is -2.26. The Morgan fingerprint density at radius 3 is 2.40 bits per heavy atom. The number of likely N-dealkylation sites (tertiary alicyclic amines) is 1. The summed E-state index contributed by atoms with van der Waals surface area (Å²) in [7, 11) is 0. The Morgan fingerprint density at radius 1 is 1.10 bits per heavy atom. The van der Waals surface area contributed by atoms with Crippen molar-refractivity contribution in [3.8, 4) is 0 Å². The van der Waals surface area contributed by atoms with Crippen molar-refractivity contribution in [2.75, 3.05) is 24.5 Å². The first-order valence-electron chi connectivity index (χ1n) is 7.84. The van der Waals surface area contributed by atoms with Gasteiger partial charge in [-0.15, -0.1) is 0 Å². The van der Waals surface area contributed by atoms with Gasteiger partial charge < -0.3 is 4.90 Å². The molecule has 1 amide bonds. The number of hydrogen-bond donors (Lipinski definition) is 0. The highest BCUT2D eigenvalue weighted by Crippen LogP contribution is 2.25. The summed E-state index contributed by atoms with van der Waals surface area (Å²) >= 11 is 0. The standard InChI is InChI=1S/C17H24N2O/c1-14-11-17(20)19(12-14)16-7-5-15(6-8-16)13-18-9-3-2-4-10-18/h5-8,14H,2-4,9-13H2,1H3. The number of amides is 1. The zero-order valence-electron chi connectivity index (χ0n) is 12.3. The molecule has 1 unspecified atom stereocenters. The van der Waals surface area contributed by atoms with Gasteiger partial charge in [-0.3, -0.25) is 9.69 Å². The van der Waals surface area contributed by atoms with Gasteiger partial charge in [0.1, 0.15) is 0 Å². The molecule has 0 aromatic heterocycles. The summed E-state index contributed by atoms with van der Waals surface area (Å²) in [4.78, 5) is 16.4. The van der Waals surface area contributed by atoms with E-state index in [9.17, 15) is 4.79 Å². The fraction of sp³-hybridized carbons (Fsp3) is 0.588. The number of benzene rings is 1. The van der Waals surface area contributed by atoms with Crippen LogP contribution in [0.1, 0.15) is 38.2 Å². The van der Waals surface area contributed by atoms with Crippen LogP contribution in [0.3, 0.4) is 0 Å². The third-order valence-corrected chi connectivity index (χ3v) is 4.42. The van der Waals surface area contributed by atoms with Gasteiger partial charge in [-0.2, -0.15) is 0 Å². The van der Waals surface area contributed by atoms with Crippen molar-refractivity contribution < 1.29 is 4.79 Å². The van der Waals surface area contributed by atoms with Gasteiger partial charge >= 0.3 is 0 Å². The zero-order valence-corrected chi connectivity index (χ0v) is 12.3. The molecule has 2 saturated heterocycles. The van der Waals surface area contributed by atoms with Crippen LogP contribution >= 0.6 is 0 Å². The van der Waals surface area contributed by atoms with Gasteiger partial charge in [-0.1, -0.05) is 25.5 Å². The molecule has 0 N–H and O–H groups in total. The van der Waals surface area contributed by atoms with E-state index in [1.165, 1.54) is 37.9 Å². The molecular weight excluding hydrogens is 248 g/mol. The first kappa shape index (κ1) is 13.6. The van der Waals surface area contributed by atoms with Crippen molar-refractivity contribution in [3.63, 3.8) is 0 Å². The van der Waals surface area contributed by atoms with E-state index in [0.29, 0.717) is 12.3 Å². The van der Waals surface area contributed by atoms with Crippen molar-refractivity contribution in [2.45, 2.75) is 39.2 Å². The predicted octanol–water partition coefficient (Wildman–Crippen LogP) is 3.05. The van der Waals surface area contributed by atoms with Crippen LogP contribution in [0.2, 0.25) is 0 Å². The lowest BCUT2D eigenvalue weighted by Crippen LogP contribution is -2.29. The summed E-state index contributed by atoms with van der Waals surface area (Å²) in [6.45, 7) is 6.51. The second-order valence-electron chi connectivity index (χ2n) is 6.32. The monoisotopic (exact) mass is 272 g/mol. The zero-order chi connectivity index (χ0) is 13.9. The van der Waals surface area contributed by atoms with E-state index in [2.05, 4.69) is 36.1 Å². The molecule has 2 aliphatic rings. The number of carbonyl (C=O) groups is 1. The minimum absolute atomic E-state index is 0.265. The first-order valence-corrected chi connectivity index (χ1v) is 7.84. The Morgan fingerprint density at radius 2 is 1.80 bits per heavy atom. The van der Waals surface area contributed by atoms with E-state index in [1.807, 2.05) is 4.90 Å². The Kier molecular flexibility index (Phi) is 4.06. The summed E-state index contributed by atoms with van der Waals surface area (Å²) < 4.78 is 0. The molecule has 2 fully saturated rings. The maximum absolute atomic E-state index is 11.9. The first-order chi connectivity index (χ1) is 9.72. The van der Waals surface area contributed by atoms with Crippen molar-refractivity contribution in [1.82, 2.24) is 4.90 Å². The lowest BCUT2D eigenvalue weighted by molar-refractivity contribution is -0.117. The third-order valence-electron chi connectivity index (χ3n) is 4.42. The van der Waals surface area contributed by atoms with E-state index >= 15 is 0 Å². The Labute approximate surface area is 121 Å². The van der Waals surface area contributed by atoms with Crippen LogP contribution < -0.4 is 4.90 Å². The van der Waals surface area contributed by atoms with Crippen LogP contribution in [0.25, 0.3) is 0 Å². The predicted molar refractivity (Wildman–Crippen MR) is 81.7 cm³/mol. The maximum Gasteiger partial charge on any atom is 0.227 e. The highest BCUT2D eigenvalue weighted by molar-refractivity contribution is 5.95. The van der Waals surface area contributed by atoms with Gasteiger partial charge in [-0.25, -0.2) is 0 Å². The van der Waals surface area contributed by atoms with E-state index in [-0.39, 0.29) is 5.91 Å².